The molecule has 0 bridgehead atoms. The van der Waals surface area contributed by atoms with E-state index in [2.05, 4.69) is 15.8 Å². The van der Waals surface area contributed by atoms with Gasteiger partial charge in [0.25, 0.3) is 0 Å². The normalized spacial score (nSPS) is 18.6. The first kappa shape index (κ1) is 14.5. The van der Waals surface area contributed by atoms with Crippen LogP contribution < -0.4 is 10.6 Å². The van der Waals surface area contributed by atoms with E-state index in [1.165, 1.54) is 4.90 Å². The number of anilines is 1. The monoisotopic (exact) mass is 280 g/mol. The maximum absolute atomic E-state index is 12.2. The zero-order valence-electron chi connectivity index (χ0n) is 11.8. The van der Waals surface area contributed by atoms with E-state index in [4.69, 9.17) is 4.52 Å². The highest BCUT2D eigenvalue weighted by atomic mass is 16.5. The molecule has 2 amide bonds. The van der Waals surface area contributed by atoms with Crippen molar-refractivity contribution in [3.8, 4) is 0 Å². The summed E-state index contributed by atoms with van der Waals surface area (Å²) in [7, 11) is 1.64. The van der Waals surface area contributed by atoms with Crippen LogP contribution in [0.3, 0.4) is 0 Å². The van der Waals surface area contributed by atoms with Crippen molar-refractivity contribution >= 4 is 17.6 Å². The van der Waals surface area contributed by atoms with Gasteiger partial charge in [0.05, 0.1) is 12.5 Å². The van der Waals surface area contributed by atoms with Crippen LogP contribution in [0.15, 0.2) is 10.6 Å². The molecule has 1 fully saturated rings. The number of rotatable bonds is 4. The minimum Gasteiger partial charge on any atom is -0.360 e. The van der Waals surface area contributed by atoms with Crippen LogP contribution in [0.1, 0.15) is 18.6 Å². The van der Waals surface area contributed by atoms with E-state index in [0.29, 0.717) is 18.1 Å². The molecule has 0 saturated carbocycles. The molecule has 0 radical (unpaired) electrons. The number of piperidine rings is 1. The highest BCUT2D eigenvalue weighted by Crippen LogP contribution is 2.13. The summed E-state index contributed by atoms with van der Waals surface area (Å²) in [5, 5.41) is 9.47. The van der Waals surface area contributed by atoms with Gasteiger partial charge in [0.2, 0.25) is 11.8 Å². The van der Waals surface area contributed by atoms with Gasteiger partial charge in [-0.3, -0.25) is 9.59 Å². The molecule has 1 aromatic heterocycles. The average molecular weight is 280 g/mol. The van der Waals surface area contributed by atoms with Gasteiger partial charge in [-0.1, -0.05) is 5.16 Å². The third-order valence-corrected chi connectivity index (χ3v) is 3.30. The van der Waals surface area contributed by atoms with Gasteiger partial charge in [0.15, 0.2) is 5.82 Å². The fourth-order valence-electron chi connectivity index (χ4n) is 2.28. The number of likely N-dealkylation sites (N-methyl/N-ethyl adjacent to an activating group) is 1. The predicted molar refractivity (Wildman–Crippen MR) is 73.1 cm³/mol. The number of carbonyl (C=O) groups is 2. The molecule has 1 aliphatic heterocycles. The fraction of sp³-hybridized carbons (Fsp3) is 0.615. The zero-order chi connectivity index (χ0) is 14.5. The number of hydrogen-bond donors (Lipinski definition) is 2. The first-order valence-electron chi connectivity index (χ1n) is 6.75. The molecule has 1 aromatic rings. The molecule has 110 valence electrons. The molecule has 1 atom stereocenters. The molecule has 2 rings (SSSR count). The molecular weight excluding hydrogens is 260 g/mol. The van der Waals surface area contributed by atoms with Crippen LogP contribution in [0.5, 0.6) is 0 Å². The first-order valence-corrected chi connectivity index (χ1v) is 6.75. The van der Waals surface area contributed by atoms with Crippen molar-refractivity contribution in [3.63, 3.8) is 0 Å². The summed E-state index contributed by atoms with van der Waals surface area (Å²) in [6.45, 7) is 3.41. The minimum atomic E-state index is -0.280. The highest BCUT2D eigenvalue weighted by Gasteiger charge is 2.25. The van der Waals surface area contributed by atoms with Crippen LogP contribution in [0, 0.1) is 12.8 Å². The van der Waals surface area contributed by atoms with E-state index in [-0.39, 0.29) is 24.3 Å². The van der Waals surface area contributed by atoms with Crippen LogP contribution >= 0.6 is 0 Å². The van der Waals surface area contributed by atoms with Crippen LogP contribution in [0.4, 0.5) is 5.82 Å². The third-order valence-electron chi connectivity index (χ3n) is 3.30. The summed E-state index contributed by atoms with van der Waals surface area (Å²) in [6, 6.07) is 1.63. The molecule has 7 heteroatoms. The Morgan fingerprint density at radius 2 is 2.40 bits per heavy atom. The van der Waals surface area contributed by atoms with Gasteiger partial charge in [-0.2, -0.15) is 0 Å². The van der Waals surface area contributed by atoms with Gasteiger partial charge in [-0.15, -0.1) is 0 Å². The van der Waals surface area contributed by atoms with Gasteiger partial charge < -0.3 is 20.1 Å². The predicted octanol–water partition coefficient (Wildman–Crippen LogP) is 0.380. The Kier molecular flexibility index (Phi) is 4.73. The zero-order valence-corrected chi connectivity index (χ0v) is 11.8. The molecule has 20 heavy (non-hydrogen) atoms. The summed E-state index contributed by atoms with van der Waals surface area (Å²) in [4.78, 5) is 25.4. The standard InChI is InChI=1S/C13H20N4O3/c1-9-6-11(16-20-9)15-12(18)8-17(2)13(19)10-4-3-5-14-7-10/h6,10,14H,3-5,7-8H2,1-2H3,(H,15,16,18)/t10-/m1/s1. The van der Waals surface area contributed by atoms with Crippen molar-refractivity contribution in [1.82, 2.24) is 15.4 Å². The van der Waals surface area contributed by atoms with E-state index in [9.17, 15) is 9.59 Å². The number of hydrogen-bond acceptors (Lipinski definition) is 5. The van der Waals surface area contributed by atoms with Gasteiger partial charge in [0, 0.05) is 19.7 Å². The van der Waals surface area contributed by atoms with Crippen LogP contribution in [-0.4, -0.2) is 48.6 Å². The van der Waals surface area contributed by atoms with Crippen LogP contribution in [-0.2, 0) is 9.59 Å². The van der Waals surface area contributed by atoms with Gasteiger partial charge in [-0.25, -0.2) is 0 Å². The molecule has 7 nitrogen and oxygen atoms in total. The van der Waals surface area contributed by atoms with Crippen molar-refractivity contribution in [2.75, 3.05) is 32.0 Å². The van der Waals surface area contributed by atoms with Crippen LogP contribution in [0.2, 0.25) is 0 Å². The van der Waals surface area contributed by atoms with E-state index < -0.39 is 0 Å². The molecule has 1 aliphatic rings. The van der Waals surface area contributed by atoms with Crippen molar-refractivity contribution < 1.29 is 14.1 Å². The number of nitrogens with zero attached hydrogens (tertiary/aromatic N) is 2. The summed E-state index contributed by atoms with van der Waals surface area (Å²) >= 11 is 0. The first-order chi connectivity index (χ1) is 9.56. The second-order valence-electron chi connectivity index (χ2n) is 5.11. The Morgan fingerprint density at radius 3 is 3.00 bits per heavy atom. The third kappa shape index (κ3) is 3.80. The molecule has 2 heterocycles. The van der Waals surface area contributed by atoms with Gasteiger partial charge in [0.1, 0.15) is 5.76 Å². The second-order valence-corrected chi connectivity index (χ2v) is 5.11. The quantitative estimate of drug-likeness (QED) is 0.832. The number of aryl methyl sites for hydroxylation is 1. The number of carbonyl (C=O) groups excluding carboxylic acids is 2. The SMILES string of the molecule is Cc1cc(NC(=O)CN(C)C(=O)[C@@H]2CCCNC2)no1. The molecule has 0 aliphatic carbocycles. The maximum Gasteiger partial charge on any atom is 0.245 e. The Balaban J connectivity index is 1.82. The lowest BCUT2D eigenvalue weighted by molar-refractivity contribution is -0.137. The van der Waals surface area contributed by atoms with E-state index in [1.54, 1.807) is 20.0 Å². The number of amides is 2. The summed E-state index contributed by atoms with van der Waals surface area (Å²) in [5.74, 6) is 0.683. The van der Waals surface area contributed by atoms with Gasteiger partial charge >= 0.3 is 0 Å². The number of aromatic nitrogens is 1. The average Bonchev–Trinajstić information content (AvgIpc) is 2.84. The molecule has 0 spiro atoms. The Hall–Kier alpha value is -1.89. The lowest BCUT2D eigenvalue weighted by Gasteiger charge is -2.26. The summed E-state index contributed by atoms with van der Waals surface area (Å²) in [6.07, 6.45) is 1.87. The van der Waals surface area contributed by atoms with Crippen LogP contribution in [0.25, 0.3) is 0 Å². The fourth-order valence-corrected chi connectivity index (χ4v) is 2.28. The summed E-state index contributed by atoms with van der Waals surface area (Å²) < 4.78 is 4.86. The smallest absolute Gasteiger partial charge is 0.245 e. The summed E-state index contributed by atoms with van der Waals surface area (Å²) in [5.41, 5.74) is 0. The highest BCUT2D eigenvalue weighted by molar-refractivity contribution is 5.94. The van der Waals surface area contributed by atoms with Crippen molar-refractivity contribution in [3.05, 3.63) is 11.8 Å². The molecular formula is C13H20N4O3. The lowest BCUT2D eigenvalue weighted by Crippen LogP contribution is -2.43. The molecule has 0 aromatic carbocycles. The second kappa shape index (κ2) is 6.51. The number of nitrogens with one attached hydrogen (secondary N) is 2. The largest absolute Gasteiger partial charge is 0.360 e. The molecule has 0 unspecified atom stereocenters. The van der Waals surface area contributed by atoms with Gasteiger partial charge in [-0.05, 0) is 26.3 Å². The Bertz CT molecular complexity index is 480. The van der Waals surface area contributed by atoms with E-state index >= 15 is 0 Å². The minimum absolute atomic E-state index is 0.00341. The van der Waals surface area contributed by atoms with Crippen molar-refractivity contribution in [2.24, 2.45) is 5.92 Å². The molecule has 2 N–H and O–H groups in total. The van der Waals surface area contributed by atoms with E-state index in [0.717, 1.165) is 19.4 Å². The Morgan fingerprint density at radius 1 is 1.60 bits per heavy atom. The lowest BCUT2D eigenvalue weighted by atomic mass is 9.98. The Labute approximate surface area is 117 Å². The van der Waals surface area contributed by atoms with Crippen molar-refractivity contribution in [2.45, 2.75) is 19.8 Å². The van der Waals surface area contributed by atoms with Crippen molar-refractivity contribution in [1.29, 1.82) is 0 Å². The van der Waals surface area contributed by atoms with E-state index in [1.807, 2.05) is 0 Å². The topological polar surface area (TPSA) is 87.5 Å². The molecule has 1 saturated heterocycles. The maximum atomic E-state index is 12.2.